The maximum Gasteiger partial charge on any atom is 0.335 e. The van der Waals surface area contributed by atoms with E-state index in [2.05, 4.69) is 5.32 Å². The highest BCUT2D eigenvalue weighted by atomic mass is 16.5. The lowest BCUT2D eigenvalue weighted by molar-refractivity contribution is -0.122. The SMILES string of the molecule is CCOc1cccc(N2C(=O)NC(=O)/C(=C\c3ccc(C)n3-c3ccccc3)C2=O)c1. The molecule has 0 saturated carbocycles. The minimum Gasteiger partial charge on any atom is -0.494 e. The summed E-state index contributed by atoms with van der Waals surface area (Å²) in [5, 5.41) is 2.25. The first kappa shape index (κ1) is 20.2. The summed E-state index contributed by atoms with van der Waals surface area (Å²) in [6.07, 6.45) is 1.50. The molecule has 7 heteroatoms. The van der Waals surface area contributed by atoms with Gasteiger partial charge in [0.2, 0.25) is 0 Å². The fourth-order valence-corrected chi connectivity index (χ4v) is 3.52. The van der Waals surface area contributed by atoms with Crippen LogP contribution in [0.3, 0.4) is 0 Å². The van der Waals surface area contributed by atoms with Gasteiger partial charge in [0.15, 0.2) is 0 Å². The minimum atomic E-state index is -0.796. The van der Waals surface area contributed by atoms with Crippen LogP contribution in [0.15, 0.2) is 72.3 Å². The van der Waals surface area contributed by atoms with Gasteiger partial charge >= 0.3 is 6.03 Å². The number of urea groups is 1. The molecule has 0 atom stereocenters. The second-order valence-corrected chi connectivity index (χ2v) is 6.96. The first-order chi connectivity index (χ1) is 15.0. The predicted molar refractivity (Wildman–Crippen MR) is 117 cm³/mol. The quantitative estimate of drug-likeness (QED) is 0.507. The van der Waals surface area contributed by atoms with Crippen molar-refractivity contribution in [3.05, 3.63) is 83.7 Å². The van der Waals surface area contributed by atoms with Crippen LogP contribution in [0.5, 0.6) is 5.75 Å². The lowest BCUT2D eigenvalue weighted by Gasteiger charge is -2.26. The third-order valence-electron chi connectivity index (χ3n) is 4.90. The first-order valence-electron chi connectivity index (χ1n) is 9.87. The minimum absolute atomic E-state index is 0.128. The Morgan fingerprint density at radius 1 is 0.935 bits per heavy atom. The molecule has 4 rings (SSSR count). The number of nitrogens with zero attached hydrogens (tertiary/aromatic N) is 2. The Balaban J connectivity index is 1.75. The summed E-state index contributed by atoms with van der Waals surface area (Å²) in [6, 6.07) is 19.2. The zero-order valence-electron chi connectivity index (χ0n) is 17.2. The fraction of sp³-hybridized carbons (Fsp3) is 0.125. The van der Waals surface area contributed by atoms with Gasteiger partial charge in [0.25, 0.3) is 11.8 Å². The summed E-state index contributed by atoms with van der Waals surface area (Å²) in [5.74, 6) is -0.900. The number of imide groups is 2. The molecule has 1 aromatic heterocycles. The van der Waals surface area contributed by atoms with Gasteiger partial charge in [-0.1, -0.05) is 24.3 Å². The Kier molecular flexibility index (Phi) is 5.41. The number of nitrogens with one attached hydrogen (secondary N) is 1. The third kappa shape index (κ3) is 3.85. The van der Waals surface area contributed by atoms with Gasteiger partial charge in [-0.3, -0.25) is 14.9 Å². The number of amides is 4. The Morgan fingerprint density at radius 3 is 2.42 bits per heavy atom. The van der Waals surface area contributed by atoms with Crippen molar-refractivity contribution in [3.8, 4) is 11.4 Å². The first-order valence-corrected chi connectivity index (χ1v) is 9.87. The van der Waals surface area contributed by atoms with Crippen molar-refractivity contribution in [2.24, 2.45) is 0 Å². The van der Waals surface area contributed by atoms with Crippen LogP contribution < -0.4 is 15.0 Å². The summed E-state index contributed by atoms with van der Waals surface area (Å²) in [6.45, 7) is 4.23. The molecule has 1 aliphatic rings. The maximum absolute atomic E-state index is 13.2. The van der Waals surface area contributed by atoms with Crippen LogP contribution in [0.25, 0.3) is 11.8 Å². The largest absolute Gasteiger partial charge is 0.494 e. The Labute approximate surface area is 179 Å². The number of benzene rings is 2. The van der Waals surface area contributed by atoms with Crippen LogP contribution in [0.4, 0.5) is 10.5 Å². The maximum atomic E-state index is 13.2. The van der Waals surface area contributed by atoms with Crippen LogP contribution in [0, 0.1) is 6.92 Å². The molecule has 31 heavy (non-hydrogen) atoms. The van der Waals surface area contributed by atoms with E-state index in [0.29, 0.717) is 23.7 Å². The van der Waals surface area contributed by atoms with E-state index in [4.69, 9.17) is 4.74 Å². The van der Waals surface area contributed by atoms with E-state index < -0.39 is 17.8 Å². The lowest BCUT2D eigenvalue weighted by Crippen LogP contribution is -2.54. The van der Waals surface area contributed by atoms with Crippen molar-refractivity contribution < 1.29 is 19.1 Å². The molecular formula is C24H21N3O4. The average molecular weight is 415 g/mol. The van der Waals surface area contributed by atoms with E-state index in [-0.39, 0.29) is 5.57 Å². The van der Waals surface area contributed by atoms with Gasteiger partial charge in [0.1, 0.15) is 11.3 Å². The van der Waals surface area contributed by atoms with Gasteiger partial charge in [-0.05, 0) is 56.3 Å². The van der Waals surface area contributed by atoms with E-state index >= 15 is 0 Å². The normalized spacial score (nSPS) is 15.4. The molecule has 7 nitrogen and oxygen atoms in total. The van der Waals surface area contributed by atoms with Gasteiger partial charge in [0.05, 0.1) is 12.3 Å². The molecule has 0 radical (unpaired) electrons. The highest BCUT2D eigenvalue weighted by Crippen LogP contribution is 2.26. The number of para-hydroxylation sites is 1. The highest BCUT2D eigenvalue weighted by Gasteiger charge is 2.37. The molecule has 1 fully saturated rings. The van der Waals surface area contributed by atoms with Gasteiger partial charge in [-0.2, -0.15) is 0 Å². The van der Waals surface area contributed by atoms with Crippen molar-refractivity contribution in [1.82, 2.24) is 9.88 Å². The number of hydrogen-bond acceptors (Lipinski definition) is 4. The van der Waals surface area contributed by atoms with E-state index in [9.17, 15) is 14.4 Å². The Bertz CT molecular complexity index is 1190. The molecule has 2 aromatic carbocycles. The molecule has 0 spiro atoms. The molecule has 0 unspecified atom stereocenters. The molecule has 0 aliphatic carbocycles. The number of anilines is 1. The fourth-order valence-electron chi connectivity index (χ4n) is 3.52. The van der Waals surface area contributed by atoms with E-state index in [1.54, 1.807) is 24.3 Å². The van der Waals surface area contributed by atoms with Crippen LogP contribution in [-0.2, 0) is 9.59 Å². The summed E-state index contributed by atoms with van der Waals surface area (Å²) in [7, 11) is 0. The van der Waals surface area contributed by atoms with Crippen molar-refractivity contribution in [3.63, 3.8) is 0 Å². The molecule has 4 amide bonds. The number of aromatic nitrogens is 1. The van der Waals surface area contributed by atoms with Gasteiger partial charge in [0, 0.05) is 23.1 Å². The number of rotatable bonds is 5. The summed E-state index contributed by atoms with van der Waals surface area (Å²) in [4.78, 5) is 39.2. The zero-order chi connectivity index (χ0) is 22.0. The highest BCUT2D eigenvalue weighted by molar-refractivity contribution is 6.39. The molecule has 1 N–H and O–H groups in total. The Morgan fingerprint density at radius 2 is 1.68 bits per heavy atom. The molecule has 1 saturated heterocycles. The molecule has 0 bridgehead atoms. The second kappa shape index (κ2) is 8.31. The monoisotopic (exact) mass is 415 g/mol. The van der Waals surface area contributed by atoms with Crippen molar-refractivity contribution in [2.75, 3.05) is 11.5 Å². The van der Waals surface area contributed by atoms with E-state index in [0.717, 1.165) is 16.3 Å². The number of carbonyl (C=O) groups is 3. The van der Waals surface area contributed by atoms with Gasteiger partial charge in [-0.15, -0.1) is 0 Å². The van der Waals surface area contributed by atoms with E-state index in [1.165, 1.54) is 6.08 Å². The summed E-state index contributed by atoms with van der Waals surface area (Å²) in [5.41, 5.74) is 2.69. The standard InChI is InChI=1S/C24H21N3O4/c1-3-31-20-11-7-10-18(14-20)27-23(29)21(22(28)25-24(27)30)15-19-13-12-16(2)26(19)17-8-5-4-6-9-17/h4-15H,3H2,1-2H3,(H,25,28,30)/b21-15+. The summed E-state index contributed by atoms with van der Waals surface area (Å²) < 4.78 is 7.40. The van der Waals surface area contributed by atoms with Gasteiger partial charge in [-0.25, -0.2) is 9.69 Å². The number of barbiturate groups is 1. The van der Waals surface area contributed by atoms with Crippen LogP contribution in [-0.4, -0.2) is 29.0 Å². The number of carbonyl (C=O) groups excluding carboxylic acids is 3. The van der Waals surface area contributed by atoms with Crippen LogP contribution in [0.2, 0.25) is 0 Å². The Hall–Kier alpha value is -4.13. The molecule has 156 valence electrons. The van der Waals surface area contributed by atoms with Gasteiger partial charge < -0.3 is 9.30 Å². The van der Waals surface area contributed by atoms with Crippen molar-refractivity contribution in [2.45, 2.75) is 13.8 Å². The van der Waals surface area contributed by atoms with Crippen LogP contribution >= 0.6 is 0 Å². The zero-order valence-corrected chi connectivity index (χ0v) is 17.2. The third-order valence-corrected chi connectivity index (χ3v) is 4.90. The molecule has 3 aromatic rings. The van der Waals surface area contributed by atoms with Crippen molar-refractivity contribution in [1.29, 1.82) is 0 Å². The average Bonchev–Trinajstić information content (AvgIpc) is 3.12. The number of hydrogen-bond donors (Lipinski definition) is 1. The smallest absolute Gasteiger partial charge is 0.335 e. The van der Waals surface area contributed by atoms with Crippen molar-refractivity contribution >= 4 is 29.6 Å². The number of ether oxygens (including phenoxy) is 1. The molecule has 1 aliphatic heterocycles. The molecule has 2 heterocycles. The second-order valence-electron chi connectivity index (χ2n) is 6.96. The topological polar surface area (TPSA) is 80.6 Å². The van der Waals surface area contributed by atoms with Crippen LogP contribution in [0.1, 0.15) is 18.3 Å². The lowest BCUT2D eigenvalue weighted by atomic mass is 10.1. The number of aryl methyl sites for hydroxylation is 1. The summed E-state index contributed by atoms with van der Waals surface area (Å²) >= 11 is 0. The predicted octanol–water partition coefficient (Wildman–Crippen LogP) is 3.85. The molecular weight excluding hydrogens is 394 g/mol. The van der Waals surface area contributed by atoms with E-state index in [1.807, 2.05) is 60.9 Å².